The fourth-order valence-corrected chi connectivity index (χ4v) is 4.82. The van der Waals surface area contributed by atoms with Gasteiger partial charge in [-0.05, 0) is 63.3 Å². The molecule has 1 aromatic carbocycles. The zero-order valence-electron chi connectivity index (χ0n) is 16.0. The van der Waals surface area contributed by atoms with E-state index in [0.29, 0.717) is 18.0 Å². The van der Waals surface area contributed by atoms with Crippen LogP contribution in [0.25, 0.3) is 5.69 Å². The second-order valence-corrected chi connectivity index (χ2v) is 8.56. The molecule has 1 aromatic heterocycles. The van der Waals surface area contributed by atoms with Gasteiger partial charge in [0.05, 0.1) is 23.1 Å². The molecule has 3 heterocycles. The monoisotopic (exact) mass is 420 g/mol. The summed E-state index contributed by atoms with van der Waals surface area (Å²) < 4.78 is 1.94. The topological polar surface area (TPSA) is 50.2 Å². The van der Waals surface area contributed by atoms with Crippen LogP contribution in [0, 0.1) is 6.92 Å². The number of hydrogen-bond acceptors (Lipinski definition) is 3. The van der Waals surface area contributed by atoms with Crippen LogP contribution >= 0.6 is 24.0 Å². The van der Waals surface area contributed by atoms with Gasteiger partial charge in [-0.15, -0.1) is 12.4 Å². The van der Waals surface area contributed by atoms with Gasteiger partial charge in [-0.1, -0.05) is 17.7 Å². The van der Waals surface area contributed by atoms with Crippen molar-refractivity contribution in [1.29, 1.82) is 0 Å². The van der Waals surface area contributed by atoms with E-state index in [4.69, 9.17) is 11.6 Å². The number of halogens is 2. The van der Waals surface area contributed by atoms with Crippen LogP contribution in [0.5, 0.6) is 0 Å². The number of nitrogens with zero attached hydrogens (tertiary/aromatic N) is 3. The van der Waals surface area contributed by atoms with Crippen molar-refractivity contribution in [1.82, 2.24) is 20.0 Å². The normalized spacial score (nSPS) is 24.0. The highest BCUT2D eigenvalue weighted by atomic mass is 35.5. The maximum Gasteiger partial charge on any atom is 0.257 e. The molecule has 0 spiro atoms. The van der Waals surface area contributed by atoms with Crippen molar-refractivity contribution in [3.8, 4) is 5.69 Å². The highest BCUT2D eigenvalue weighted by Gasteiger charge is 2.41. The first kappa shape index (κ1) is 19.7. The molecule has 1 amide bonds. The van der Waals surface area contributed by atoms with Crippen molar-refractivity contribution in [2.75, 3.05) is 13.1 Å². The third kappa shape index (κ3) is 3.34. The SMILES string of the molecule is Cc1ccc(-n2ncc(C(=O)N3C4CCNCC3CC4)c2C2CC2)cc1Cl.Cl. The minimum Gasteiger partial charge on any atom is -0.331 e. The third-order valence-electron chi connectivity index (χ3n) is 6.29. The molecule has 1 saturated carbocycles. The molecule has 1 aliphatic carbocycles. The van der Waals surface area contributed by atoms with Gasteiger partial charge < -0.3 is 10.2 Å². The minimum atomic E-state index is 0. The van der Waals surface area contributed by atoms with E-state index in [9.17, 15) is 4.79 Å². The molecular formula is C21H26Cl2N4O. The largest absolute Gasteiger partial charge is 0.331 e. The van der Waals surface area contributed by atoms with Crippen LogP contribution < -0.4 is 5.32 Å². The lowest BCUT2D eigenvalue weighted by Crippen LogP contribution is -2.42. The number of aryl methyl sites for hydroxylation is 1. The molecule has 5 rings (SSSR count). The predicted octanol–water partition coefficient (Wildman–Crippen LogP) is 4.10. The molecule has 3 fully saturated rings. The molecule has 150 valence electrons. The first-order valence-corrected chi connectivity index (χ1v) is 10.4. The van der Waals surface area contributed by atoms with E-state index in [0.717, 1.165) is 72.7 Å². The molecule has 2 aromatic rings. The summed E-state index contributed by atoms with van der Waals surface area (Å²) in [5.74, 6) is 0.590. The van der Waals surface area contributed by atoms with Crippen LogP contribution in [0.15, 0.2) is 24.4 Å². The maximum atomic E-state index is 13.6. The molecule has 2 bridgehead atoms. The van der Waals surface area contributed by atoms with Gasteiger partial charge in [0.15, 0.2) is 0 Å². The van der Waals surface area contributed by atoms with E-state index in [1.54, 1.807) is 6.20 Å². The van der Waals surface area contributed by atoms with Crippen molar-refractivity contribution >= 4 is 29.9 Å². The summed E-state index contributed by atoms with van der Waals surface area (Å²) in [6.07, 6.45) is 7.30. The summed E-state index contributed by atoms with van der Waals surface area (Å²) in [5.41, 5.74) is 3.84. The average molecular weight is 421 g/mol. The fourth-order valence-electron chi connectivity index (χ4n) is 4.64. The Bertz CT molecular complexity index is 879. The molecule has 7 heteroatoms. The van der Waals surface area contributed by atoms with E-state index in [1.807, 2.05) is 29.8 Å². The second-order valence-electron chi connectivity index (χ2n) is 8.15. The first-order chi connectivity index (χ1) is 13.1. The first-order valence-electron chi connectivity index (χ1n) is 10.0. The Labute approximate surface area is 176 Å². The van der Waals surface area contributed by atoms with Crippen molar-refractivity contribution in [2.24, 2.45) is 0 Å². The fraction of sp³-hybridized carbons (Fsp3) is 0.524. The zero-order chi connectivity index (χ0) is 18.5. The summed E-state index contributed by atoms with van der Waals surface area (Å²) in [4.78, 5) is 15.7. The quantitative estimate of drug-likeness (QED) is 0.812. The van der Waals surface area contributed by atoms with E-state index < -0.39 is 0 Å². The smallest absolute Gasteiger partial charge is 0.257 e. The number of carbonyl (C=O) groups is 1. The van der Waals surface area contributed by atoms with Crippen LogP contribution in [-0.4, -0.2) is 45.8 Å². The van der Waals surface area contributed by atoms with Crippen LogP contribution in [0.1, 0.15) is 59.6 Å². The molecule has 3 aliphatic rings. The van der Waals surface area contributed by atoms with Gasteiger partial charge in [-0.3, -0.25) is 4.79 Å². The molecule has 1 N–H and O–H groups in total. The van der Waals surface area contributed by atoms with Gasteiger partial charge in [-0.2, -0.15) is 5.10 Å². The van der Waals surface area contributed by atoms with Gasteiger partial charge in [0.2, 0.25) is 0 Å². The number of amides is 1. The minimum absolute atomic E-state index is 0. The van der Waals surface area contributed by atoms with Crippen molar-refractivity contribution in [2.45, 2.75) is 57.0 Å². The highest BCUT2D eigenvalue weighted by Crippen LogP contribution is 2.43. The number of hydrogen-bond donors (Lipinski definition) is 1. The summed E-state index contributed by atoms with van der Waals surface area (Å²) >= 11 is 6.34. The number of fused-ring (bicyclic) bond motifs is 2. The Morgan fingerprint density at radius 2 is 1.96 bits per heavy atom. The lowest BCUT2D eigenvalue weighted by atomic mass is 10.1. The molecule has 0 radical (unpaired) electrons. The lowest BCUT2D eigenvalue weighted by molar-refractivity contribution is 0.0679. The summed E-state index contributed by atoms with van der Waals surface area (Å²) in [5, 5.41) is 8.83. The van der Waals surface area contributed by atoms with E-state index in [2.05, 4.69) is 15.3 Å². The molecule has 2 unspecified atom stereocenters. The van der Waals surface area contributed by atoms with Gasteiger partial charge >= 0.3 is 0 Å². The van der Waals surface area contributed by atoms with Crippen molar-refractivity contribution < 1.29 is 4.79 Å². The average Bonchev–Trinajstić information content (AvgIpc) is 3.31. The van der Waals surface area contributed by atoms with Crippen molar-refractivity contribution in [3.05, 3.63) is 46.2 Å². The number of aromatic nitrogens is 2. The molecule has 5 nitrogen and oxygen atoms in total. The number of nitrogens with one attached hydrogen (secondary N) is 1. The standard InChI is InChI=1S/C21H25ClN4O.ClH/c1-13-2-5-16(10-19(13)22)26-20(14-3-4-14)18(12-24-26)21(27)25-15-6-7-17(25)11-23-9-8-15;/h2,5,10,12,14-15,17,23H,3-4,6-9,11H2,1H3;1H. The van der Waals surface area contributed by atoms with Gasteiger partial charge in [0, 0.05) is 29.6 Å². The second kappa shape index (κ2) is 7.69. The number of carbonyl (C=O) groups excluding carboxylic acids is 1. The number of rotatable bonds is 3. The zero-order valence-corrected chi connectivity index (χ0v) is 17.6. The van der Waals surface area contributed by atoms with Crippen LogP contribution in [0.2, 0.25) is 5.02 Å². The van der Waals surface area contributed by atoms with Crippen LogP contribution in [-0.2, 0) is 0 Å². The van der Waals surface area contributed by atoms with Crippen molar-refractivity contribution in [3.63, 3.8) is 0 Å². The lowest BCUT2D eigenvalue weighted by Gasteiger charge is -2.28. The van der Waals surface area contributed by atoms with Gasteiger partial charge in [-0.25, -0.2) is 4.68 Å². The Balaban J connectivity index is 0.00000192. The molecular weight excluding hydrogens is 395 g/mol. The molecule has 2 saturated heterocycles. The third-order valence-corrected chi connectivity index (χ3v) is 6.70. The predicted molar refractivity (Wildman–Crippen MR) is 113 cm³/mol. The van der Waals surface area contributed by atoms with Crippen LogP contribution in [0.3, 0.4) is 0 Å². The Morgan fingerprint density at radius 3 is 2.71 bits per heavy atom. The van der Waals surface area contributed by atoms with Gasteiger partial charge in [0.1, 0.15) is 0 Å². The van der Waals surface area contributed by atoms with Gasteiger partial charge in [0.25, 0.3) is 5.91 Å². The van der Waals surface area contributed by atoms with E-state index >= 15 is 0 Å². The molecule has 2 aliphatic heterocycles. The Kier molecular flexibility index (Phi) is 5.43. The summed E-state index contributed by atoms with van der Waals surface area (Å²) in [6, 6.07) is 6.67. The maximum absolute atomic E-state index is 13.6. The van der Waals surface area contributed by atoms with Crippen LogP contribution in [0.4, 0.5) is 0 Å². The Morgan fingerprint density at radius 1 is 1.18 bits per heavy atom. The van der Waals surface area contributed by atoms with E-state index in [1.165, 1.54) is 0 Å². The molecule has 2 atom stereocenters. The van der Waals surface area contributed by atoms with E-state index in [-0.39, 0.29) is 18.3 Å². The Hall–Kier alpha value is -1.56. The molecule has 28 heavy (non-hydrogen) atoms. The highest BCUT2D eigenvalue weighted by molar-refractivity contribution is 6.31. The number of benzene rings is 1. The summed E-state index contributed by atoms with van der Waals surface area (Å²) in [6.45, 7) is 3.90. The summed E-state index contributed by atoms with van der Waals surface area (Å²) in [7, 11) is 0.